The van der Waals surface area contributed by atoms with Gasteiger partial charge in [-0.3, -0.25) is 14.5 Å². The Labute approximate surface area is 300 Å². The number of nitrogens with one attached hydrogen (secondary N) is 1. The molecule has 0 spiro atoms. The van der Waals surface area contributed by atoms with Gasteiger partial charge in [0.05, 0.1) is 6.61 Å². The standard InChI is InChI=1S/C43H46N4O4/c1-29-8-19-40(42(49)44-29)47-28-33-26-34(12-17-39(33)43(47)50)46-23-21-45(22-24-46)20-5-25-51-36-14-9-31(10-15-36)41-37(30-6-3-2-4-7-30)16-11-32-27-35(48)13-18-38(32)41/h2-4,6-7,9-10,12-15,17-18,26-27,37,40-41,48H,1,5,8,11,16,19-25,28H2,(H,44,49)/t37-,40?,41+/m1/s1. The Hall–Kier alpha value is -5.08. The molecule has 8 rings (SSSR count). The van der Waals surface area contributed by atoms with E-state index in [1.807, 2.05) is 18.2 Å². The lowest BCUT2D eigenvalue weighted by Gasteiger charge is -2.36. The molecule has 8 heteroatoms. The minimum atomic E-state index is -0.435. The number of allylic oxidation sites excluding steroid dienone is 1. The number of nitrogens with zero attached hydrogens (tertiary/aromatic N) is 3. The minimum absolute atomic E-state index is 0.0548. The van der Waals surface area contributed by atoms with Crippen molar-refractivity contribution in [3.05, 3.63) is 137 Å². The van der Waals surface area contributed by atoms with E-state index >= 15 is 0 Å². The maximum atomic E-state index is 13.1. The Balaban J connectivity index is 0.823. The van der Waals surface area contributed by atoms with Crippen molar-refractivity contribution >= 4 is 17.5 Å². The zero-order valence-corrected chi connectivity index (χ0v) is 29.1. The van der Waals surface area contributed by atoms with Crippen molar-refractivity contribution in [1.29, 1.82) is 0 Å². The highest BCUT2D eigenvalue weighted by Gasteiger charge is 2.38. The molecule has 0 aromatic heterocycles. The number of aromatic hydroxyl groups is 1. The van der Waals surface area contributed by atoms with Crippen LogP contribution in [-0.4, -0.2) is 72.1 Å². The number of anilines is 1. The Bertz CT molecular complexity index is 1920. The van der Waals surface area contributed by atoms with Gasteiger partial charge in [-0.25, -0.2) is 0 Å². The molecule has 0 saturated carbocycles. The zero-order chi connectivity index (χ0) is 34.9. The van der Waals surface area contributed by atoms with Crippen LogP contribution in [0.15, 0.2) is 103 Å². The highest BCUT2D eigenvalue weighted by atomic mass is 16.5. The number of phenolic OH excluding ortho intramolecular Hbond substituents is 1. The molecular formula is C43H46N4O4. The first-order valence-corrected chi connectivity index (χ1v) is 18.4. The fourth-order valence-electron chi connectivity index (χ4n) is 8.59. The second kappa shape index (κ2) is 14.3. The van der Waals surface area contributed by atoms with Gasteiger partial charge in [0.25, 0.3) is 5.91 Å². The number of carbonyl (C=O) groups excluding carboxylic acids is 2. The maximum absolute atomic E-state index is 13.1. The number of hydrogen-bond donors (Lipinski definition) is 2. The number of phenols is 1. The van der Waals surface area contributed by atoms with Gasteiger partial charge in [-0.05, 0) is 108 Å². The molecular weight excluding hydrogens is 636 g/mol. The summed E-state index contributed by atoms with van der Waals surface area (Å²) < 4.78 is 6.21. The highest BCUT2D eigenvalue weighted by molar-refractivity contribution is 6.01. The Kier molecular flexibility index (Phi) is 9.26. The lowest BCUT2D eigenvalue weighted by Crippen LogP contribution is -2.49. The van der Waals surface area contributed by atoms with Gasteiger partial charge in [0.15, 0.2) is 0 Å². The average Bonchev–Trinajstić information content (AvgIpc) is 3.48. The summed E-state index contributed by atoms with van der Waals surface area (Å²) in [4.78, 5) is 32.3. The van der Waals surface area contributed by atoms with Gasteiger partial charge < -0.3 is 25.0 Å². The summed E-state index contributed by atoms with van der Waals surface area (Å²) in [7, 11) is 0. The van der Waals surface area contributed by atoms with Crippen molar-refractivity contribution in [3.8, 4) is 11.5 Å². The molecule has 4 aromatic carbocycles. The molecule has 3 heterocycles. The summed E-state index contributed by atoms with van der Waals surface area (Å²) in [6, 6.07) is 31.0. The monoisotopic (exact) mass is 682 g/mol. The Morgan fingerprint density at radius 2 is 1.63 bits per heavy atom. The topological polar surface area (TPSA) is 85.4 Å². The zero-order valence-electron chi connectivity index (χ0n) is 29.1. The van der Waals surface area contributed by atoms with Crippen molar-refractivity contribution in [2.45, 2.75) is 56.5 Å². The molecule has 2 amide bonds. The summed E-state index contributed by atoms with van der Waals surface area (Å²) >= 11 is 0. The molecule has 2 fully saturated rings. The molecule has 0 radical (unpaired) electrons. The summed E-state index contributed by atoms with van der Waals surface area (Å²) in [6.07, 6.45) is 4.28. The van der Waals surface area contributed by atoms with Gasteiger partial charge in [0.2, 0.25) is 5.91 Å². The van der Waals surface area contributed by atoms with Crippen LogP contribution in [0.4, 0.5) is 5.69 Å². The first kappa shape index (κ1) is 33.1. The number of benzene rings is 4. The number of hydrogen-bond acceptors (Lipinski definition) is 6. The number of ether oxygens (including phenoxy) is 1. The minimum Gasteiger partial charge on any atom is -0.508 e. The summed E-state index contributed by atoms with van der Waals surface area (Å²) in [5.74, 6) is 1.65. The molecule has 8 nitrogen and oxygen atoms in total. The van der Waals surface area contributed by atoms with Gasteiger partial charge >= 0.3 is 0 Å². The van der Waals surface area contributed by atoms with Gasteiger partial charge in [0.1, 0.15) is 17.5 Å². The second-order valence-corrected chi connectivity index (χ2v) is 14.4. The van der Waals surface area contributed by atoms with E-state index in [1.54, 1.807) is 4.90 Å². The second-order valence-electron chi connectivity index (χ2n) is 14.4. The van der Waals surface area contributed by atoms with Crippen molar-refractivity contribution in [3.63, 3.8) is 0 Å². The molecule has 262 valence electrons. The number of carbonyl (C=O) groups is 2. The SMILES string of the molecule is C=C1CCC(N2Cc3cc(N4CCN(CCCOc5ccc([C@@H]6c7ccc(O)cc7CC[C@@H]6c6ccccc6)cc5)CC4)ccc3C2=O)C(=O)N1. The summed E-state index contributed by atoms with van der Waals surface area (Å²) in [5.41, 5.74) is 8.75. The van der Waals surface area contributed by atoms with E-state index in [0.29, 0.717) is 43.2 Å². The van der Waals surface area contributed by atoms with Crippen LogP contribution in [0.3, 0.4) is 0 Å². The van der Waals surface area contributed by atoms with Crippen LogP contribution in [0.5, 0.6) is 11.5 Å². The quantitative estimate of drug-likeness (QED) is 0.194. The van der Waals surface area contributed by atoms with E-state index in [9.17, 15) is 14.7 Å². The largest absolute Gasteiger partial charge is 0.508 e. The smallest absolute Gasteiger partial charge is 0.255 e. The number of amides is 2. The molecule has 1 unspecified atom stereocenters. The predicted octanol–water partition coefficient (Wildman–Crippen LogP) is 6.59. The third kappa shape index (κ3) is 6.85. The summed E-state index contributed by atoms with van der Waals surface area (Å²) in [6.45, 7) is 9.81. The van der Waals surface area contributed by atoms with Gasteiger partial charge in [-0.2, -0.15) is 0 Å². The number of piperidine rings is 1. The van der Waals surface area contributed by atoms with E-state index < -0.39 is 6.04 Å². The van der Waals surface area contributed by atoms with E-state index in [-0.39, 0.29) is 17.7 Å². The van der Waals surface area contributed by atoms with Crippen LogP contribution in [0.25, 0.3) is 0 Å². The first-order valence-electron chi connectivity index (χ1n) is 18.4. The number of aryl methyl sites for hydroxylation is 1. The normalized spacial score (nSPS) is 22.0. The van der Waals surface area contributed by atoms with Crippen LogP contribution >= 0.6 is 0 Å². The third-order valence-corrected chi connectivity index (χ3v) is 11.3. The van der Waals surface area contributed by atoms with Crippen LogP contribution in [0, 0.1) is 0 Å². The van der Waals surface area contributed by atoms with Crippen molar-refractivity contribution < 1.29 is 19.4 Å². The summed E-state index contributed by atoms with van der Waals surface area (Å²) in [5, 5.41) is 13.0. The Morgan fingerprint density at radius 1 is 0.824 bits per heavy atom. The lowest BCUT2D eigenvalue weighted by atomic mass is 9.69. The Morgan fingerprint density at radius 3 is 2.41 bits per heavy atom. The molecule has 3 atom stereocenters. The third-order valence-electron chi connectivity index (χ3n) is 11.3. The average molecular weight is 683 g/mol. The highest BCUT2D eigenvalue weighted by Crippen LogP contribution is 2.47. The molecule has 51 heavy (non-hydrogen) atoms. The fourth-order valence-corrected chi connectivity index (χ4v) is 8.59. The van der Waals surface area contributed by atoms with Crippen LogP contribution in [0.2, 0.25) is 0 Å². The van der Waals surface area contributed by atoms with Crippen LogP contribution in [0.1, 0.15) is 75.7 Å². The van der Waals surface area contributed by atoms with E-state index in [1.165, 1.54) is 22.3 Å². The van der Waals surface area contributed by atoms with E-state index in [4.69, 9.17) is 4.74 Å². The molecule has 1 aliphatic carbocycles. The van der Waals surface area contributed by atoms with Crippen molar-refractivity contribution in [2.24, 2.45) is 0 Å². The van der Waals surface area contributed by atoms with Crippen molar-refractivity contribution in [2.75, 3.05) is 44.2 Å². The van der Waals surface area contributed by atoms with E-state index in [2.05, 4.69) is 94.5 Å². The number of piperazine rings is 1. The van der Waals surface area contributed by atoms with Gasteiger partial charge in [-0.1, -0.05) is 55.1 Å². The molecule has 2 saturated heterocycles. The molecule has 3 aliphatic heterocycles. The van der Waals surface area contributed by atoms with Gasteiger partial charge in [-0.15, -0.1) is 0 Å². The number of rotatable bonds is 9. The molecule has 2 N–H and O–H groups in total. The fraction of sp³-hybridized carbons (Fsp3) is 0.349. The predicted molar refractivity (Wildman–Crippen MR) is 199 cm³/mol. The van der Waals surface area contributed by atoms with Crippen molar-refractivity contribution in [1.82, 2.24) is 15.1 Å². The number of fused-ring (bicyclic) bond motifs is 2. The van der Waals surface area contributed by atoms with E-state index in [0.717, 1.165) is 74.7 Å². The van der Waals surface area contributed by atoms with Gasteiger partial charge in [0, 0.05) is 62.1 Å². The molecule has 0 bridgehead atoms. The lowest BCUT2D eigenvalue weighted by molar-refractivity contribution is -0.126. The molecule has 4 aliphatic rings. The first-order chi connectivity index (χ1) is 24.9. The van der Waals surface area contributed by atoms with Crippen LogP contribution < -0.4 is 15.0 Å². The molecule has 4 aromatic rings. The maximum Gasteiger partial charge on any atom is 0.255 e. The van der Waals surface area contributed by atoms with Crippen LogP contribution in [-0.2, 0) is 17.8 Å².